The van der Waals surface area contributed by atoms with Crippen LogP contribution >= 0.6 is 0 Å². The Balaban J connectivity index is 1.49. The lowest BCUT2D eigenvalue weighted by atomic mass is 10.1. The van der Waals surface area contributed by atoms with Crippen molar-refractivity contribution in [3.8, 4) is 0 Å². The molecule has 6 nitrogen and oxygen atoms in total. The summed E-state index contributed by atoms with van der Waals surface area (Å²) in [7, 11) is 1.85. The number of nitrogens with zero attached hydrogens (tertiary/aromatic N) is 2. The molecule has 4 aromatic rings. The topological polar surface area (TPSA) is 72.1 Å². The van der Waals surface area contributed by atoms with E-state index in [2.05, 4.69) is 15.7 Å². The molecule has 0 aliphatic carbocycles. The van der Waals surface area contributed by atoms with Crippen molar-refractivity contribution in [2.24, 2.45) is 7.05 Å². The van der Waals surface area contributed by atoms with Gasteiger partial charge >= 0.3 is 6.03 Å². The molecule has 2 aromatic carbocycles. The van der Waals surface area contributed by atoms with Crippen LogP contribution in [0.2, 0.25) is 0 Å². The third-order valence-electron chi connectivity index (χ3n) is 4.34. The lowest BCUT2D eigenvalue weighted by Gasteiger charge is -2.05. The molecule has 0 fully saturated rings. The number of amides is 2. The molecule has 0 bridgehead atoms. The Morgan fingerprint density at radius 3 is 2.64 bits per heavy atom. The van der Waals surface area contributed by atoms with Gasteiger partial charge in [0.1, 0.15) is 11.3 Å². The fourth-order valence-corrected chi connectivity index (χ4v) is 3.01. The van der Waals surface area contributed by atoms with Crippen LogP contribution in [-0.2, 0) is 13.6 Å². The molecule has 2 heterocycles. The zero-order chi connectivity index (χ0) is 17.4. The minimum Gasteiger partial charge on any atom is -0.459 e. The first-order valence-electron chi connectivity index (χ1n) is 8.07. The molecule has 0 saturated heterocycles. The quantitative estimate of drug-likeness (QED) is 0.596. The van der Waals surface area contributed by atoms with Crippen LogP contribution in [0.4, 0.5) is 10.6 Å². The Bertz CT molecular complexity index is 1080. The number of hydrogen-bond donors (Lipinski definition) is 2. The van der Waals surface area contributed by atoms with Gasteiger partial charge in [-0.3, -0.25) is 10.00 Å². The van der Waals surface area contributed by atoms with E-state index >= 15 is 0 Å². The van der Waals surface area contributed by atoms with Crippen molar-refractivity contribution in [3.63, 3.8) is 0 Å². The van der Waals surface area contributed by atoms with Crippen LogP contribution in [0.1, 0.15) is 11.3 Å². The van der Waals surface area contributed by atoms with Crippen molar-refractivity contribution in [1.82, 2.24) is 15.1 Å². The Hall–Kier alpha value is -3.28. The van der Waals surface area contributed by atoms with Crippen LogP contribution in [0, 0.1) is 6.92 Å². The predicted octanol–water partition coefficient (Wildman–Crippen LogP) is 3.95. The van der Waals surface area contributed by atoms with E-state index in [0.29, 0.717) is 12.4 Å². The molecule has 0 unspecified atom stereocenters. The Labute approximate surface area is 144 Å². The largest absolute Gasteiger partial charge is 0.459 e. The molecular weight excluding hydrogens is 316 g/mol. The Morgan fingerprint density at radius 2 is 1.84 bits per heavy atom. The summed E-state index contributed by atoms with van der Waals surface area (Å²) in [6.07, 6.45) is 0. The second kappa shape index (κ2) is 5.98. The van der Waals surface area contributed by atoms with Gasteiger partial charge in [0.15, 0.2) is 5.82 Å². The first-order chi connectivity index (χ1) is 12.1. The minimum absolute atomic E-state index is 0.316. The molecule has 6 heteroatoms. The van der Waals surface area contributed by atoms with Crippen LogP contribution in [0.5, 0.6) is 0 Å². The van der Waals surface area contributed by atoms with Crippen molar-refractivity contribution in [1.29, 1.82) is 0 Å². The van der Waals surface area contributed by atoms with Crippen LogP contribution in [-0.4, -0.2) is 15.8 Å². The number of anilines is 1. The summed E-state index contributed by atoms with van der Waals surface area (Å²) in [5.74, 6) is 1.29. The molecule has 4 rings (SSSR count). The molecule has 2 N–H and O–H groups in total. The van der Waals surface area contributed by atoms with Crippen LogP contribution in [0.25, 0.3) is 21.9 Å². The Morgan fingerprint density at radius 1 is 1.12 bits per heavy atom. The minimum atomic E-state index is -0.316. The molecule has 0 saturated carbocycles. The zero-order valence-corrected chi connectivity index (χ0v) is 14.0. The van der Waals surface area contributed by atoms with Crippen LogP contribution < -0.4 is 10.6 Å². The number of carbonyl (C=O) groups is 1. The van der Waals surface area contributed by atoms with Crippen LogP contribution in [0.3, 0.4) is 0 Å². The van der Waals surface area contributed by atoms with E-state index in [1.54, 1.807) is 4.68 Å². The van der Waals surface area contributed by atoms with Gasteiger partial charge in [0.05, 0.1) is 12.1 Å². The van der Waals surface area contributed by atoms with Crippen molar-refractivity contribution < 1.29 is 9.21 Å². The van der Waals surface area contributed by atoms with Crippen molar-refractivity contribution in [2.75, 3.05) is 5.32 Å². The summed E-state index contributed by atoms with van der Waals surface area (Å²) in [5.41, 5.74) is 2.83. The Kier molecular flexibility index (Phi) is 3.65. The van der Waals surface area contributed by atoms with E-state index in [4.69, 9.17) is 4.42 Å². The highest BCUT2D eigenvalue weighted by molar-refractivity contribution is 5.99. The molecule has 0 spiro atoms. The van der Waals surface area contributed by atoms with Crippen molar-refractivity contribution >= 4 is 33.7 Å². The predicted molar refractivity (Wildman–Crippen MR) is 97.5 cm³/mol. The monoisotopic (exact) mass is 334 g/mol. The van der Waals surface area contributed by atoms with E-state index < -0.39 is 0 Å². The maximum absolute atomic E-state index is 12.3. The van der Waals surface area contributed by atoms with Gasteiger partial charge in [0.25, 0.3) is 0 Å². The van der Waals surface area contributed by atoms with Crippen molar-refractivity contribution in [2.45, 2.75) is 13.5 Å². The number of aromatic nitrogens is 2. The summed E-state index contributed by atoms with van der Waals surface area (Å²) >= 11 is 0. The molecule has 0 aliphatic rings. The van der Waals surface area contributed by atoms with E-state index in [1.807, 2.05) is 62.5 Å². The average molecular weight is 334 g/mol. The third-order valence-corrected chi connectivity index (χ3v) is 4.34. The number of fused-ring (bicyclic) bond motifs is 2. The first-order valence-corrected chi connectivity index (χ1v) is 8.07. The molecule has 2 aromatic heterocycles. The summed E-state index contributed by atoms with van der Waals surface area (Å²) in [4.78, 5) is 12.3. The lowest BCUT2D eigenvalue weighted by molar-refractivity contribution is 0.251. The fourth-order valence-electron chi connectivity index (χ4n) is 3.01. The number of rotatable bonds is 3. The number of para-hydroxylation sites is 2. The smallest absolute Gasteiger partial charge is 0.320 e. The van der Waals surface area contributed by atoms with Crippen molar-refractivity contribution in [3.05, 3.63) is 59.9 Å². The van der Waals surface area contributed by atoms with Gasteiger partial charge in [-0.05, 0) is 25.1 Å². The van der Waals surface area contributed by atoms with Gasteiger partial charge in [-0.1, -0.05) is 30.3 Å². The van der Waals surface area contributed by atoms with Gasteiger partial charge in [-0.2, -0.15) is 5.10 Å². The number of aryl methyl sites for hydroxylation is 2. The maximum Gasteiger partial charge on any atom is 0.320 e. The zero-order valence-electron chi connectivity index (χ0n) is 14.0. The number of urea groups is 1. The maximum atomic E-state index is 12.3. The van der Waals surface area contributed by atoms with E-state index in [1.165, 1.54) is 0 Å². The highest BCUT2D eigenvalue weighted by atomic mass is 16.3. The average Bonchev–Trinajstić information content (AvgIpc) is 3.11. The standard InChI is InChI=1S/C19H18N4O2/c1-12-13-7-4-6-10-16(13)25-17(12)11-20-19(24)21-18-14-8-3-5-9-15(14)23(2)22-18/h3-10H,11H2,1-2H3,(H2,20,21,22,24). The van der Waals surface area contributed by atoms with E-state index in [9.17, 15) is 4.79 Å². The summed E-state index contributed by atoms with van der Waals surface area (Å²) in [5, 5.41) is 12.0. The summed E-state index contributed by atoms with van der Waals surface area (Å²) < 4.78 is 7.56. The molecule has 0 aliphatic heterocycles. The number of carbonyl (C=O) groups excluding carboxylic acids is 1. The normalized spacial score (nSPS) is 11.1. The molecule has 126 valence electrons. The van der Waals surface area contributed by atoms with E-state index in [-0.39, 0.29) is 6.03 Å². The second-order valence-electron chi connectivity index (χ2n) is 5.94. The number of nitrogens with one attached hydrogen (secondary N) is 2. The van der Waals surface area contributed by atoms with Crippen LogP contribution in [0.15, 0.2) is 52.9 Å². The highest BCUT2D eigenvalue weighted by Crippen LogP contribution is 2.25. The third kappa shape index (κ3) is 2.71. The fraction of sp³-hybridized carbons (Fsp3) is 0.158. The first kappa shape index (κ1) is 15.3. The van der Waals surface area contributed by atoms with Gasteiger partial charge < -0.3 is 9.73 Å². The molecule has 0 atom stereocenters. The van der Waals surface area contributed by atoms with E-state index in [0.717, 1.165) is 33.2 Å². The number of benzene rings is 2. The number of furan rings is 1. The summed E-state index contributed by atoms with van der Waals surface area (Å²) in [6, 6.07) is 15.3. The van der Waals surface area contributed by atoms with Gasteiger partial charge in [-0.25, -0.2) is 4.79 Å². The second-order valence-corrected chi connectivity index (χ2v) is 5.94. The van der Waals surface area contributed by atoms with Gasteiger partial charge in [0, 0.05) is 23.4 Å². The molecule has 25 heavy (non-hydrogen) atoms. The summed E-state index contributed by atoms with van der Waals surface area (Å²) in [6.45, 7) is 2.31. The number of hydrogen-bond acceptors (Lipinski definition) is 3. The SMILES string of the molecule is Cc1c(CNC(=O)Nc2nn(C)c3ccccc23)oc2ccccc12. The lowest BCUT2D eigenvalue weighted by Crippen LogP contribution is -2.28. The van der Waals surface area contributed by atoms with Gasteiger partial charge in [-0.15, -0.1) is 0 Å². The molecule has 0 radical (unpaired) electrons. The molecular formula is C19H18N4O2. The van der Waals surface area contributed by atoms with Gasteiger partial charge in [0.2, 0.25) is 0 Å². The molecule has 2 amide bonds. The highest BCUT2D eigenvalue weighted by Gasteiger charge is 2.13.